The third-order valence-corrected chi connectivity index (χ3v) is 3.67. The van der Waals surface area contributed by atoms with E-state index in [0.717, 1.165) is 31.6 Å². The number of piperidine rings is 1. The smallest absolute Gasteiger partial charge is 0.239 e. The predicted octanol–water partition coefficient (Wildman–Crippen LogP) is 2.13. The van der Waals surface area contributed by atoms with E-state index in [-0.39, 0.29) is 18.0 Å². The summed E-state index contributed by atoms with van der Waals surface area (Å²) in [5, 5.41) is 3.34. The van der Waals surface area contributed by atoms with E-state index >= 15 is 0 Å². The molecule has 104 valence electrons. The molecular weight excluding hydrogens is 238 g/mol. The first-order chi connectivity index (χ1) is 9.18. The fourth-order valence-corrected chi connectivity index (χ4v) is 2.55. The van der Waals surface area contributed by atoms with Gasteiger partial charge in [0.25, 0.3) is 0 Å². The summed E-state index contributed by atoms with van der Waals surface area (Å²) in [6.45, 7) is 5.80. The molecule has 0 spiro atoms. The second kappa shape index (κ2) is 6.66. The first kappa shape index (κ1) is 14.0. The molecule has 4 nitrogen and oxygen atoms in total. The summed E-state index contributed by atoms with van der Waals surface area (Å²) in [5.74, 6) is 0.211. The molecule has 2 atom stereocenters. The molecule has 2 heterocycles. The van der Waals surface area contributed by atoms with Gasteiger partial charge in [-0.1, -0.05) is 6.07 Å². The van der Waals surface area contributed by atoms with Gasteiger partial charge in [0.05, 0.1) is 11.7 Å². The largest absolute Gasteiger partial charge is 0.341 e. The molecule has 0 aliphatic carbocycles. The van der Waals surface area contributed by atoms with Crippen molar-refractivity contribution in [3.05, 3.63) is 30.1 Å². The van der Waals surface area contributed by atoms with Crippen LogP contribution in [0.1, 0.15) is 44.8 Å². The van der Waals surface area contributed by atoms with Crippen LogP contribution in [0, 0.1) is 0 Å². The van der Waals surface area contributed by atoms with Crippen molar-refractivity contribution in [2.24, 2.45) is 0 Å². The summed E-state index contributed by atoms with van der Waals surface area (Å²) in [6, 6.07) is 5.78. The maximum absolute atomic E-state index is 12.3. The highest BCUT2D eigenvalue weighted by atomic mass is 16.2. The van der Waals surface area contributed by atoms with E-state index in [0.29, 0.717) is 0 Å². The fourth-order valence-electron chi connectivity index (χ4n) is 2.55. The molecule has 2 rings (SSSR count). The van der Waals surface area contributed by atoms with Crippen molar-refractivity contribution in [1.82, 2.24) is 15.2 Å². The summed E-state index contributed by atoms with van der Waals surface area (Å²) in [7, 11) is 0. The molecule has 1 amide bonds. The molecule has 4 heteroatoms. The van der Waals surface area contributed by atoms with E-state index in [9.17, 15) is 4.79 Å². The molecule has 1 aromatic rings. The number of nitrogens with zero attached hydrogens (tertiary/aromatic N) is 2. The highest BCUT2D eigenvalue weighted by Crippen LogP contribution is 2.13. The van der Waals surface area contributed by atoms with Gasteiger partial charge in [0.2, 0.25) is 5.91 Å². The topological polar surface area (TPSA) is 45.2 Å². The van der Waals surface area contributed by atoms with Crippen molar-refractivity contribution >= 4 is 5.91 Å². The van der Waals surface area contributed by atoms with Crippen LogP contribution in [0.15, 0.2) is 24.4 Å². The summed E-state index contributed by atoms with van der Waals surface area (Å²) in [6.07, 6.45) is 5.29. The van der Waals surface area contributed by atoms with Crippen LogP contribution in [0.25, 0.3) is 0 Å². The van der Waals surface area contributed by atoms with E-state index < -0.39 is 0 Å². The Kier molecular flexibility index (Phi) is 4.91. The van der Waals surface area contributed by atoms with Gasteiger partial charge >= 0.3 is 0 Å². The van der Waals surface area contributed by atoms with Crippen LogP contribution in [-0.2, 0) is 4.79 Å². The van der Waals surface area contributed by atoms with Gasteiger partial charge in [0.1, 0.15) is 0 Å². The number of pyridine rings is 1. The Balaban J connectivity index is 1.89. The van der Waals surface area contributed by atoms with Crippen LogP contribution in [0.2, 0.25) is 0 Å². The van der Waals surface area contributed by atoms with Gasteiger partial charge in [0, 0.05) is 25.3 Å². The highest BCUT2D eigenvalue weighted by molar-refractivity contribution is 5.81. The maximum atomic E-state index is 12.3. The van der Waals surface area contributed by atoms with Crippen LogP contribution in [0.4, 0.5) is 0 Å². The van der Waals surface area contributed by atoms with Crippen molar-refractivity contribution in [2.45, 2.75) is 45.2 Å². The summed E-state index contributed by atoms with van der Waals surface area (Å²) < 4.78 is 0. The molecule has 19 heavy (non-hydrogen) atoms. The molecule has 0 saturated carbocycles. The first-order valence-electron chi connectivity index (χ1n) is 7.14. The second-order valence-corrected chi connectivity index (χ2v) is 5.25. The number of rotatable bonds is 4. The number of nitrogens with one attached hydrogen (secondary N) is 1. The molecule has 1 N–H and O–H groups in total. The van der Waals surface area contributed by atoms with E-state index in [1.807, 2.05) is 36.9 Å². The van der Waals surface area contributed by atoms with Gasteiger partial charge in [-0.2, -0.15) is 0 Å². The van der Waals surface area contributed by atoms with Gasteiger partial charge < -0.3 is 4.90 Å². The SMILES string of the molecule is CC(N[C@@H](C)c1ccccn1)C(=O)N1CCCCC1. The van der Waals surface area contributed by atoms with Crippen molar-refractivity contribution < 1.29 is 4.79 Å². The highest BCUT2D eigenvalue weighted by Gasteiger charge is 2.23. The number of aromatic nitrogens is 1. The Bertz CT molecular complexity index is 401. The third-order valence-electron chi connectivity index (χ3n) is 3.67. The second-order valence-electron chi connectivity index (χ2n) is 5.25. The normalized spacial score (nSPS) is 18.9. The third kappa shape index (κ3) is 3.77. The van der Waals surface area contributed by atoms with E-state index in [2.05, 4.69) is 10.3 Å². The molecule has 1 aliphatic heterocycles. The first-order valence-corrected chi connectivity index (χ1v) is 7.14. The minimum absolute atomic E-state index is 0.0879. The average Bonchev–Trinajstić information content (AvgIpc) is 2.48. The number of hydrogen-bond donors (Lipinski definition) is 1. The van der Waals surface area contributed by atoms with Gasteiger partial charge in [-0.3, -0.25) is 15.1 Å². The van der Waals surface area contributed by atoms with Crippen LogP contribution in [-0.4, -0.2) is 34.9 Å². The lowest BCUT2D eigenvalue weighted by Gasteiger charge is -2.30. The standard InChI is InChI=1S/C15H23N3O/c1-12(14-8-4-5-9-16-14)17-13(2)15(19)18-10-6-3-7-11-18/h4-5,8-9,12-13,17H,3,6-7,10-11H2,1-2H3/t12-,13?/m0/s1. The van der Waals surface area contributed by atoms with Gasteiger partial charge in [-0.05, 0) is 45.2 Å². The van der Waals surface area contributed by atoms with E-state index in [1.54, 1.807) is 6.20 Å². The average molecular weight is 261 g/mol. The zero-order chi connectivity index (χ0) is 13.7. The van der Waals surface area contributed by atoms with Crippen molar-refractivity contribution in [2.75, 3.05) is 13.1 Å². The van der Waals surface area contributed by atoms with Crippen molar-refractivity contribution in [1.29, 1.82) is 0 Å². The maximum Gasteiger partial charge on any atom is 0.239 e. The number of amides is 1. The molecule has 0 bridgehead atoms. The number of carbonyl (C=O) groups excluding carboxylic acids is 1. The molecule has 1 aliphatic rings. The van der Waals surface area contributed by atoms with Gasteiger partial charge in [-0.15, -0.1) is 0 Å². The number of carbonyl (C=O) groups is 1. The van der Waals surface area contributed by atoms with E-state index in [1.165, 1.54) is 6.42 Å². The minimum atomic E-state index is -0.157. The summed E-state index contributed by atoms with van der Waals surface area (Å²) >= 11 is 0. The van der Waals surface area contributed by atoms with E-state index in [4.69, 9.17) is 0 Å². The minimum Gasteiger partial charge on any atom is -0.341 e. The Labute approximate surface area is 115 Å². The Morgan fingerprint density at radius 3 is 2.63 bits per heavy atom. The Morgan fingerprint density at radius 2 is 2.00 bits per heavy atom. The number of hydrogen-bond acceptors (Lipinski definition) is 3. The zero-order valence-corrected chi connectivity index (χ0v) is 11.8. The molecule has 0 aromatic carbocycles. The molecule has 0 radical (unpaired) electrons. The lowest BCUT2D eigenvalue weighted by Crippen LogP contribution is -2.47. The zero-order valence-electron chi connectivity index (χ0n) is 11.8. The van der Waals surface area contributed by atoms with Crippen LogP contribution >= 0.6 is 0 Å². The van der Waals surface area contributed by atoms with Crippen molar-refractivity contribution in [3.8, 4) is 0 Å². The summed E-state index contributed by atoms with van der Waals surface area (Å²) in [5.41, 5.74) is 0.973. The summed E-state index contributed by atoms with van der Waals surface area (Å²) in [4.78, 5) is 18.6. The number of likely N-dealkylation sites (tertiary alicyclic amines) is 1. The fraction of sp³-hybridized carbons (Fsp3) is 0.600. The molecule has 1 saturated heterocycles. The Hall–Kier alpha value is -1.42. The molecule has 1 fully saturated rings. The quantitative estimate of drug-likeness (QED) is 0.903. The molecule has 1 unspecified atom stereocenters. The van der Waals surface area contributed by atoms with Crippen molar-refractivity contribution in [3.63, 3.8) is 0 Å². The monoisotopic (exact) mass is 261 g/mol. The van der Waals surface area contributed by atoms with Crippen LogP contribution in [0.3, 0.4) is 0 Å². The molecule has 1 aromatic heterocycles. The predicted molar refractivity (Wildman–Crippen MR) is 75.7 cm³/mol. The molecular formula is C15H23N3O. The van der Waals surface area contributed by atoms with Crippen LogP contribution < -0.4 is 5.32 Å². The van der Waals surface area contributed by atoms with Gasteiger partial charge in [-0.25, -0.2) is 0 Å². The lowest BCUT2D eigenvalue weighted by molar-refractivity contribution is -0.134. The van der Waals surface area contributed by atoms with Gasteiger partial charge in [0.15, 0.2) is 0 Å². The Morgan fingerprint density at radius 1 is 1.26 bits per heavy atom. The van der Waals surface area contributed by atoms with Crippen LogP contribution in [0.5, 0.6) is 0 Å². The lowest BCUT2D eigenvalue weighted by atomic mass is 10.1.